The smallest absolute Gasteiger partial charge is 0.401 e. The molecule has 1 fully saturated rings. The van der Waals surface area contributed by atoms with Gasteiger partial charge in [-0.3, -0.25) is 25.0 Å². The molecule has 0 spiro atoms. The quantitative estimate of drug-likeness (QED) is 0.221. The third kappa shape index (κ3) is 4.80. The monoisotopic (exact) mass is 430 g/mol. The third-order valence-corrected chi connectivity index (χ3v) is 4.78. The van der Waals surface area contributed by atoms with Gasteiger partial charge in [-0.25, -0.2) is 0 Å². The van der Waals surface area contributed by atoms with E-state index in [0.29, 0.717) is 10.5 Å². The zero-order valence-corrected chi connectivity index (χ0v) is 16.0. The summed E-state index contributed by atoms with van der Waals surface area (Å²) in [6.45, 7) is 0. The van der Waals surface area contributed by atoms with Gasteiger partial charge in [0.1, 0.15) is 10.7 Å². The number of benzene rings is 1. The fourth-order valence-corrected chi connectivity index (χ4v) is 3.35. The Morgan fingerprint density at radius 2 is 1.83 bits per heavy atom. The Kier molecular flexibility index (Phi) is 5.95. The lowest BCUT2D eigenvalue weighted by molar-refractivity contribution is -0.402. The van der Waals surface area contributed by atoms with Crippen LogP contribution in [0.2, 0.25) is 0 Å². The van der Waals surface area contributed by atoms with Gasteiger partial charge in [-0.1, -0.05) is 11.8 Å². The molecule has 1 aromatic heterocycles. The summed E-state index contributed by atoms with van der Waals surface area (Å²) in [6.07, 6.45) is 5.76. The molecule has 3 rings (SSSR count). The van der Waals surface area contributed by atoms with E-state index in [1.54, 1.807) is 6.08 Å². The summed E-state index contributed by atoms with van der Waals surface area (Å²) >= 11 is 6.20. The number of hydrogen-bond donors (Lipinski definition) is 0. The molecule has 29 heavy (non-hydrogen) atoms. The summed E-state index contributed by atoms with van der Waals surface area (Å²) in [5.41, 5.74) is 0.562. The highest BCUT2D eigenvalue weighted by atomic mass is 32.2. The first-order chi connectivity index (χ1) is 13.8. The van der Waals surface area contributed by atoms with Crippen molar-refractivity contribution in [2.45, 2.75) is 0 Å². The number of non-ortho nitro benzene ring substituents is 1. The second-order valence-electron chi connectivity index (χ2n) is 5.40. The van der Waals surface area contributed by atoms with E-state index in [1.807, 2.05) is 0 Å². The first-order valence-corrected chi connectivity index (χ1v) is 9.05. The highest BCUT2D eigenvalue weighted by Gasteiger charge is 2.31. The van der Waals surface area contributed by atoms with Crippen LogP contribution in [0.25, 0.3) is 12.2 Å². The van der Waals surface area contributed by atoms with E-state index in [1.165, 1.54) is 54.8 Å². The van der Waals surface area contributed by atoms with Crippen LogP contribution in [0.15, 0.2) is 56.9 Å². The van der Waals surface area contributed by atoms with Gasteiger partial charge in [-0.05, 0) is 54.2 Å². The molecule has 0 aliphatic carbocycles. The molecule has 0 atom stereocenters. The number of nitro groups is 2. The number of hydrogen-bond acceptors (Lipinski definition) is 9. The first-order valence-electron chi connectivity index (χ1n) is 7.82. The van der Waals surface area contributed by atoms with E-state index >= 15 is 0 Å². The summed E-state index contributed by atoms with van der Waals surface area (Å²) in [5.74, 6) is -0.557. The molecule has 1 aliphatic rings. The van der Waals surface area contributed by atoms with E-state index < -0.39 is 15.8 Å². The number of furan rings is 1. The fourth-order valence-electron chi connectivity index (χ4n) is 2.18. The second-order valence-corrected chi connectivity index (χ2v) is 7.07. The topological polar surface area (TPSA) is 132 Å². The Balaban J connectivity index is 1.67. The average molecular weight is 430 g/mol. The highest BCUT2D eigenvalue weighted by Crippen LogP contribution is 2.32. The van der Waals surface area contributed by atoms with Crippen LogP contribution in [0.4, 0.5) is 11.6 Å². The number of carbonyl (C=O) groups excluding carboxylic acids is 1. The highest BCUT2D eigenvalue weighted by molar-refractivity contribution is 8.26. The lowest BCUT2D eigenvalue weighted by Crippen LogP contribution is -2.21. The Morgan fingerprint density at radius 3 is 2.45 bits per heavy atom. The number of rotatable bonds is 6. The van der Waals surface area contributed by atoms with Gasteiger partial charge in [0.25, 0.3) is 11.6 Å². The second kappa shape index (κ2) is 8.58. The molecule has 2 heterocycles. The summed E-state index contributed by atoms with van der Waals surface area (Å²) in [5, 5.41) is 26.3. The van der Waals surface area contributed by atoms with Crippen molar-refractivity contribution in [1.29, 1.82) is 0 Å². The summed E-state index contributed by atoms with van der Waals surface area (Å²) in [6, 6.07) is 8.39. The van der Waals surface area contributed by atoms with Gasteiger partial charge in [0.2, 0.25) is 0 Å². The Labute approximate surface area is 172 Å². The normalized spacial score (nSPS) is 15.9. The SMILES string of the molecule is O=C1/C(=C\c2ccc([N+](=O)[O-])cc2)SC(=S)N1/N=C/C=C/c1ccc([N+](=O)[O-])o1. The molecule has 0 saturated carbocycles. The average Bonchev–Trinajstić information content (AvgIpc) is 3.25. The summed E-state index contributed by atoms with van der Waals surface area (Å²) in [4.78, 5) is 32.9. The molecule has 0 unspecified atom stereocenters. The van der Waals surface area contributed by atoms with Crippen LogP contribution in [0.1, 0.15) is 11.3 Å². The number of nitro benzene ring substituents is 1. The maximum atomic E-state index is 12.4. The lowest BCUT2D eigenvalue weighted by atomic mass is 10.2. The molecule has 146 valence electrons. The van der Waals surface area contributed by atoms with E-state index in [2.05, 4.69) is 5.10 Å². The van der Waals surface area contributed by atoms with E-state index in [4.69, 9.17) is 16.6 Å². The van der Waals surface area contributed by atoms with Crippen molar-refractivity contribution in [3.05, 3.63) is 78.9 Å². The van der Waals surface area contributed by atoms with Crippen molar-refractivity contribution in [2.75, 3.05) is 0 Å². The van der Waals surface area contributed by atoms with Crippen molar-refractivity contribution in [2.24, 2.45) is 5.10 Å². The van der Waals surface area contributed by atoms with Crippen molar-refractivity contribution in [3.63, 3.8) is 0 Å². The lowest BCUT2D eigenvalue weighted by Gasteiger charge is -2.04. The fraction of sp³-hybridized carbons (Fsp3) is 0. The number of thiocarbonyl (C=S) groups is 1. The number of carbonyl (C=O) groups is 1. The number of allylic oxidation sites excluding steroid dienone is 1. The molecule has 0 radical (unpaired) electrons. The maximum Gasteiger partial charge on any atom is 0.433 e. The van der Waals surface area contributed by atoms with Gasteiger partial charge in [-0.2, -0.15) is 10.1 Å². The zero-order chi connectivity index (χ0) is 21.0. The van der Waals surface area contributed by atoms with E-state index in [-0.39, 0.29) is 21.7 Å². The van der Waals surface area contributed by atoms with Gasteiger partial charge in [-0.15, -0.1) is 0 Å². The number of amides is 1. The van der Waals surface area contributed by atoms with Crippen molar-refractivity contribution < 1.29 is 19.1 Å². The van der Waals surface area contributed by atoms with Crippen LogP contribution in [-0.2, 0) is 4.79 Å². The van der Waals surface area contributed by atoms with Crippen LogP contribution in [0.5, 0.6) is 0 Å². The summed E-state index contributed by atoms with van der Waals surface area (Å²) < 4.78 is 5.18. The van der Waals surface area contributed by atoms with Gasteiger partial charge < -0.3 is 4.42 Å². The standard InChI is InChI=1S/C17H10N4O6S2/c22-16-14(10-11-3-5-12(6-4-11)20(23)24)29-17(28)19(16)18-9-1-2-13-7-8-15(27-13)21(25)26/h1-10H/b2-1+,14-10+,18-9+. The molecule has 1 saturated heterocycles. The van der Waals surface area contributed by atoms with Crippen LogP contribution in [-0.4, -0.2) is 31.3 Å². The van der Waals surface area contributed by atoms with Crippen LogP contribution in [0, 0.1) is 20.2 Å². The number of thioether (sulfide) groups is 1. The Morgan fingerprint density at radius 1 is 1.10 bits per heavy atom. The zero-order valence-electron chi connectivity index (χ0n) is 14.3. The van der Waals surface area contributed by atoms with Crippen LogP contribution < -0.4 is 0 Å². The van der Waals surface area contributed by atoms with Crippen molar-refractivity contribution >= 4 is 64.1 Å². The molecular formula is C17H10N4O6S2. The van der Waals surface area contributed by atoms with Crippen molar-refractivity contribution in [3.8, 4) is 0 Å². The number of hydrazone groups is 1. The molecule has 0 bridgehead atoms. The van der Waals surface area contributed by atoms with Gasteiger partial charge >= 0.3 is 5.88 Å². The predicted molar refractivity (Wildman–Crippen MR) is 111 cm³/mol. The molecule has 0 N–H and O–H groups in total. The predicted octanol–water partition coefficient (Wildman–Crippen LogP) is 4.00. The minimum absolute atomic E-state index is 0.0482. The Bertz CT molecular complexity index is 1090. The molecule has 1 aliphatic heterocycles. The van der Waals surface area contributed by atoms with Gasteiger partial charge in [0, 0.05) is 18.3 Å². The minimum Gasteiger partial charge on any atom is -0.401 e. The molecule has 12 heteroatoms. The minimum atomic E-state index is -0.650. The van der Waals surface area contributed by atoms with Gasteiger partial charge in [0.15, 0.2) is 4.32 Å². The summed E-state index contributed by atoms with van der Waals surface area (Å²) in [7, 11) is 0. The van der Waals surface area contributed by atoms with Crippen LogP contribution >= 0.6 is 24.0 Å². The maximum absolute atomic E-state index is 12.4. The van der Waals surface area contributed by atoms with Gasteiger partial charge in [0.05, 0.1) is 15.9 Å². The van der Waals surface area contributed by atoms with Crippen LogP contribution in [0.3, 0.4) is 0 Å². The molecule has 1 aromatic carbocycles. The van der Waals surface area contributed by atoms with E-state index in [9.17, 15) is 25.0 Å². The molecule has 1 amide bonds. The van der Waals surface area contributed by atoms with Crippen molar-refractivity contribution in [1.82, 2.24) is 5.01 Å². The molecule has 10 nitrogen and oxygen atoms in total. The van der Waals surface area contributed by atoms with E-state index in [0.717, 1.165) is 16.8 Å². The molecular weight excluding hydrogens is 420 g/mol. The molecule has 2 aromatic rings. The number of nitrogens with zero attached hydrogens (tertiary/aromatic N) is 4. The largest absolute Gasteiger partial charge is 0.433 e. The third-order valence-electron chi connectivity index (χ3n) is 3.50. The Hall–Kier alpha value is -3.64. The first kappa shape index (κ1) is 20.1.